The first-order valence-corrected chi connectivity index (χ1v) is 8.67. The Balaban J connectivity index is 1.60. The standard InChI is InChI=1S/C17H20N8O3/c1-3-4-9-27-13-7-5-12(6-8-13)10-19-21-17(26)14-11(2)25(24-20-14)16-15(18)22-28-23-16/h5-8,10H,3-4,9H2,1-2H3,(H2,18,22)(H,21,26)/b19-10-. The smallest absolute Gasteiger partial charge is 0.293 e. The summed E-state index contributed by atoms with van der Waals surface area (Å²) in [4.78, 5) is 12.3. The highest BCUT2D eigenvalue weighted by Gasteiger charge is 2.20. The molecule has 0 unspecified atom stereocenters. The van der Waals surface area contributed by atoms with Crippen LogP contribution in [-0.2, 0) is 0 Å². The molecule has 2 heterocycles. The molecule has 1 amide bonds. The maximum Gasteiger partial charge on any atom is 0.293 e. The zero-order valence-corrected chi connectivity index (χ0v) is 15.5. The lowest BCUT2D eigenvalue weighted by molar-refractivity contribution is 0.0949. The monoisotopic (exact) mass is 384 g/mol. The van der Waals surface area contributed by atoms with Gasteiger partial charge in [-0.3, -0.25) is 4.79 Å². The van der Waals surface area contributed by atoms with E-state index in [1.165, 1.54) is 10.9 Å². The van der Waals surface area contributed by atoms with Crippen molar-refractivity contribution < 1.29 is 14.2 Å². The number of carbonyl (C=O) groups excluding carboxylic acids is 1. The summed E-state index contributed by atoms with van der Waals surface area (Å²) in [6.45, 7) is 4.44. The van der Waals surface area contributed by atoms with E-state index in [1.54, 1.807) is 6.92 Å². The van der Waals surface area contributed by atoms with Crippen molar-refractivity contribution >= 4 is 17.9 Å². The van der Waals surface area contributed by atoms with Gasteiger partial charge in [0.2, 0.25) is 11.6 Å². The molecule has 0 fully saturated rings. The Morgan fingerprint density at radius 2 is 2.14 bits per heavy atom. The summed E-state index contributed by atoms with van der Waals surface area (Å²) in [6.07, 6.45) is 3.62. The Morgan fingerprint density at radius 1 is 1.36 bits per heavy atom. The van der Waals surface area contributed by atoms with Gasteiger partial charge in [-0.15, -0.1) is 5.10 Å². The Kier molecular flexibility index (Phi) is 5.94. The number of hydrogen-bond donors (Lipinski definition) is 2. The molecule has 0 saturated heterocycles. The van der Waals surface area contributed by atoms with Gasteiger partial charge in [0.1, 0.15) is 5.75 Å². The Labute approximate surface area is 160 Å². The first kappa shape index (κ1) is 19.0. The van der Waals surface area contributed by atoms with Crippen LogP contribution in [0.25, 0.3) is 5.82 Å². The molecule has 0 radical (unpaired) electrons. The SMILES string of the molecule is CCCCOc1ccc(/C=N\NC(=O)c2nnn(-c3nonc3N)c2C)cc1. The molecular formula is C17H20N8O3. The van der Waals surface area contributed by atoms with Crippen LogP contribution in [0.1, 0.15) is 41.5 Å². The van der Waals surface area contributed by atoms with E-state index in [9.17, 15) is 4.79 Å². The number of hydrogen-bond acceptors (Lipinski definition) is 9. The van der Waals surface area contributed by atoms with Crippen LogP contribution >= 0.6 is 0 Å². The molecule has 0 saturated carbocycles. The summed E-state index contributed by atoms with van der Waals surface area (Å²) in [7, 11) is 0. The van der Waals surface area contributed by atoms with Gasteiger partial charge in [-0.05, 0) is 53.5 Å². The molecule has 3 rings (SSSR count). The lowest BCUT2D eigenvalue weighted by Gasteiger charge is -2.04. The first-order valence-electron chi connectivity index (χ1n) is 8.67. The minimum Gasteiger partial charge on any atom is -0.494 e. The van der Waals surface area contributed by atoms with E-state index in [0.717, 1.165) is 24.2 Å². The van der Waals surface area contributed by atoms with Crippen molar-refractivity contribution in [2.45, 2.75) is 26.7 Å². The predicted octanol–water partition coefficient (Wildman–Crippen LogP) is 1.48. The number of anilines is 1. The topological polar surface area (TPSA) is 146 Å². The number of carbonyl (C=O) groups is 1. The molecule has 0 aliphatic heterocycles. The number of unbranched alkanes of at least 4 members (excludes halogenated alkanes) is 1. The van der Waals surface area contributed by atoms with E-state index in [2.05, 4.69) is 42.7 Å². The summed E-state index contributed by atoms with van der Waals surface area (Å²) in [6, 6.07) is 7.40. The fraction of sp³-hybridized carbons (Fsp3) is 0.294. The fourth-order valence-electron chi connectivity index (χ4n) is 2.28. The van der Waals surface area contributed by atoms with E-state index in [0.29, 0.717) is 12.3 Å². The summed E-state index contributed by atoms with van der Waals surface area (Å²) in [5, 5.41) is 18.7. The third kappa shape index (κ3) is 4.31. The summed E-state index contributed by atoms with van der Waals surface area (Å²) >= 11 is 0. The minimum atomic E-state index is -0.519. The molecule has 0 aliphatic rings. The lowest BCUT2D eigenvalue weighted by atomic mass is 10.2. The third-order valence-electron chi connectivity index (χ3n) is 3.83. The van der Waals surface area contributed by atoms with Gasteiger partial charge in [0.05, 0.1) is 18.5 Å². The van der Waals surface area contributed by atoms with Gasteiger partial charge in [0.25, 0.3) is 5.91 Å². The van der Waals surface area contributed by atoms with Crippen molar-refractivity contribution in [1.29, 1.82) is 0 Å². The lowest BCUT2D eigenvalue weighted by Crippen LogP contribution is -2.19. The second-order valence-corrected chi connectivity index (χ2v) is 5.88. The first-order chi connectivity index (χ1) is 13.6. The van der Waals surface area contributed by atoms with E-state index < -0.39 is 5.91 Å². The largest absolute Gasteiger partial charge is 0.494 e. The van der Waals surface area contributed by atoms with Crippen molar-refractivity contribution in [3.8, 4) is 11.6 Å². The number of rotatable bonds is 8. The van der Waals surface area contributed by atoms with Crippen LogP contribution in [-0.4, -0.2) is 44.0 Å². The zero-order chi connectivity index (χ0) is 19.9. The van der Waals surface area contributed by atoms with Gasteiger partial charge in [0, 0.05) is 0 Å². The molecule has 3 aromatic rings. The molecule has 1 aromatic carbocycles. The Hall–Kier alpha value is -3.76. The van der Waals surface area contributed by atoms with Crippen LogP contribution in [0.2, 0.25) is 0 Å². The second-order valence-electron chi connectivity index (χ2n) is 5.88. The molecule has 2 aromatic heterocycles. The van der Waals surface area contributed by atoms with E-state index in [1.807, 2.05) is 24.3 Å². The number of ether oxygens (including phenoxy) is 1. The van der Waals surface area contributed by atoms with Crippen LogP contribution in [0.15, 0.2) is 34.0 Å². The number of nitrogens with two attached hydrogens (primary N) is 1. The summed E-state index contributed by atoms with van der Waals surface area (Å²) < 4.78 is 11.4. The quantitative estimate of drug-likeness (QED) is 0.337. The number of benzene rings is 1. The van der Waals surface area contributed by atoms with Crippen LogP contribution in [0.3, 0.4) is 0 Å². The van der Waals surface area contributed by atoms with E-state index >= 15 is 0 Å². The molecule has 0 spiro atoms. The van der Waals surface area contributed by atoms with Crippen LogP contribution in [0.4, 0.5) is 5.82 Å². The molecule has 0 atom stereocenters. The highest BCUT2D eigenvalue weighted by molar-refractivity contribution is 5.94. The van der Waals surface area contributed by atoms with Crippen LogP contribution < -0.4 is 15.9 Å². The van der Waals surface area contributed by atoms with Gasteiger partial charge in [-0.2, -0.15) is 9.78 Å². The van der Waals surface area contributed by atoms with Gasteiger partial charge >= 0.3 is 0 Å². The van der Waals surface area contributed by atoms with Crippen molar-refractivity contribution in [2.24, 2.45) is 5.10 Å². The van der Waals surface area contributed by atoms with Gasteiger partial charge < -0.3 is 10.5 Å². The van der Waals surface area contributed by atoms with Crippen molar-refractivity contribution in [3.63, 3.8) is 0 Å². The highest BCUT2D eigenvalue weighted by Crippen LogP contribution is 2.14. The third-order valence-corrected chi connectivity index (χ3v) is 3.83. The molecule has 3 N–H and O–H groups in total. The van der Waals surface area contributed by atoms with Gasteiger partial charge in [-0.25, -0.2) is 10.1 Å². The number of amides is 1. The minimum absolute atomic E-state index is 0.0418. The fourth-order valence-corrected chi connectivity index (χ4v) is 2.28. The zero-order valence-electron chi connectivity index (χ0n) is 15.5. The van der Waals surface area contributed by atoms with Crippen molar-refractivity contribution in [2.75, 3.05) is 12.3 Å². The molecule has 28 heavy (non-hydrogen) atoms. The molecule has 146 valence electrons. The highest BCUT2D eigenvalue weighted by atomic mass is 16.6. The van der Waals surface area contributed by atoms with E-state index in [4.69, 9.17) is 10.5 Å². The molecule has 0 aliphatic carbocycles. The number of hydrazone groups is 1. The molecule has 11 heteroatoms. The van der Waals surface area contributed by atoms with Crippen molar-refractivity contribution in [1.82, 2.24) is 30.7 Å². The van der Waals surface area contributed by atoms with Crippen LogP contribution in [0.5, 0.6) is 5.75 Å². The van der Waals surface area contributed by atoms with Crippen molar-refractivity contribution in [3.05, 3.63) is 41.2 Å². The number of nitrogens with one attached hydrogen (secondary N) is 1. The Morgan fingerprint density at radius 3 is 2.82 bits per heavy atom. The summed E-state index contributed by atoms with van der Waals surface area (Å²) in [5.74, 6) is 0.479. The molecule has 11 nitrogen and oxygen atoms in total. The second kappa shape index (κ2) is 8.75. The molecule has 0 bridgehead atoms. The van der Waals surface area contributed by atoms with Crippen LogP contribution in [0, 0.1) is 6.92 Å². The Bertz CT molecular complexity index is 961. The van der Waals surface area contributed by atoms with Gasteiger partial charge in [0.15, 0.2) is 5.69 Å². The average Bonchev–Trinajstić information content (AvgIpc) is 3.28. The average molecular weight is 384 g/mol. The normalized spacial score (nSPS) is 11.1. The number of nitrogens with zero attached hydrogens (tertiary/aromatic N) is 6. The number of aromatic nitrogens is 5. The maximum absolute atomic E-state index is 12.3. The maximum atomic E-state index is 12.3. The number of nitrogen functional groups attached to an aromatic ring is 1. The van der Waals surface area contributed by atoms with E-state index in [-0.39, 0.29) is 17.3 Å². The summed E-state index contributed by atoms with van der Waals surface area (Å²) in [5.41, 5.74) is 9.35. The molecular weight excluding hydrogens is 364 g/mol. The predicted molar refractivity (Wildman–Crippen MR) is 100 cm³/mol. The van der Waals surface area contributed by atoms with Gasteiger partial charge in [-0.1, -0.05) is 18.6 Å².